The van der Waals surface area contributed by atoms with Gasteiger partial charge in [-0.25, -0.2) is 4.39 Å². The Morgan fingerprint density at radius 1 is 1.18 bits per heavy atom. The smallest absolute Gasteiger partial charge is 0.339 e. The zero-order valence-corrected chi connectivity index (χ0v) is 11.5. The van der Waals surface area contributed by atoms with Gasteiger partial charge in [-0.3, -0.25) is 0 Å². The average molecular weight is 315 g/mol. The van der Waals surface area contributed by atoms with E-state index in [1.54, 1.807) is 0 Å². The van der Waals surface area contributed by atoms with Gasteiger partial charge in [0.05, 0.1) is 11.1 Å². The molecule has 1 fully saturated rings. The zero-order chi connectivity index (χ0) is 15.7. The molecule has 1 aliphatic rings. The van der Waals surface area contributed by atoms with Crippen molar-refractivity contribution in [1.82, 2.24) is 15.5 Å². The molecule has 8 heteroatoms. The van der Waals surface area contributed by atoms with E-state index in [-0.39, 0.29) is 17.6 Å². The van der Waals surface area contributed by atoms with Crippen molar-refractivity contribution in [1.29, 1.82) is 0 Å². The van der Waals surface area contributed by atoms with Crippen molar-refractivity contribution in [3.8, 4) is 11.4 Å². The molecule has 4 nitrogen and oxygen atoms in total. The van der Waals surface area contributed by atoms with Crippen molar-refractivity contribution >= 4 is 0 Å². The van der Waals surface area contributed by atoms with Gasteiger partial charge in [-0.1, -0.05) is 11.2 Å². The van der Waals surface area contributed by atoms with Crippen LogP contribution in [0.3, 0.4) is 0 Å². The van der Waals surface area contributed by atoms with Gasteiger partial charge in [0, 0.05) is 5.92 Å². The number of hydrogen-bond acceptors (Lipinski definition) is 4. The number of alkyl halides is 3. The Morgan fingerprint density at radius 3 is 2.59 bits per heavy atom. The third-order valence-electron chi connectivity index (χ3n) is 3.67. The Balaban J connectivity index is 2.00. The van der Waals surface area contributed by atoms with Crippen LogP contribution in [0.5, 0.6) is 0 Å². The number of benzene rings is 1. The molecular formula is C14H13F4N3O. The number of nitrogens with one attached hydrogen (secondary N) is 1. The van der Waals surface area contributed by atoms with Crippen molar-refractivity contribution < 1.29 is 22.1 Å². The van der Waals surface area contributed by atoms with Gasteiger partial charge in [0.2, 0.25) is 11.7 Å². The van der Waals surface area contributed by atoms with Gasteiger partial charge in [0.15, 0.2) is 0 Å². The summed E-state index contributed by atoms with van der Waals surface area (Å²) >= 11 is 0. The SMILES string of the molecule is Fc1cccc(C(F)(F)F)c1-c1noc(C2CCNCC2)n1. The van der Waals surface area contributed by atoms with Crippen LogP contribution < -0.4 is 5.32 Å². The summed E-state index contributed by atoms with van der Waals surface area (Å²) in [5.41, 5.74) is -1.77. The van der Waals surface area contributed by atoms with Crippen LogP contribution in [0.2, 0.25) is 0 Å². The minimum atomic E-state index is -4.69. The molecule has 0 unspecified atom stereocenters. The highest BCUT2D eigenvalue weighted by molar-refractivity contribution is 5.61. The minimum Gasteiger partial charge on any atom is -0.339 e. The van der Waals surface area contributed by atoms with E-state index in [1.807, 2.05) is 0 Å². The third-order valence-corrected chi connectivity index (χ3v) is 3.67. The van der Waals surface area contributed by atoms with E-state index in [9.17, 15) is 17.6 Å². The maximum absolute atomic E-state index is 13.9. The first-order chi connectivity index (χ1) is 10.5. The van der Waals surface area contributed by atoms with Crippen molar-refractivity contribution in [2.24, 2.45) is 0 Å². The van der Waals surface area contributed by atoms with Crippen molar-refractivity contribution in [2.75, 3.05) is 13.1 Å². The topological polar surface area (TPSA) is 51.0 Å². The second-order valence-electron chi connectivity index (χ2n) is 5.14. The summed E-state index contributed by atoms with van der Waals surface area (Å²) in [5.74, 6) is -1.14. The maximum Gasteiger partial charge on any atom is 0.417 e. The van der Waals surface area contributed by atoms with Gasteiger partial charge < -0.3 is 9.84 Å². The van der Waals surface area contributed by atoms with Gasteiger partial charge in [-0.05, 0) is 38.1 Å². The Bertz CT molecular complexity index is 662. The molecule has 0 spiro atoms. The maximum atomic E-state index is 13.9. The highest BCUT2D eigenvalue weighted by Crippen LogP contribution is 2.38. The molecule has 0 saturated carbocycles. The number of nitrogens with zero attached hydrogens (tertiary/aromatic N) is 2. The average Bonchev–Trinajstić information content (AvgIpc) is 2.96. The van der Waals surface area contributed by atoms with Crippen LogP contribution in [-0.4, -0.2) is 23.2 Å². The Morgan fingerprint density at radius 2 is 1.91 bits per heavy atom. The second kappa shape index (κ2) is 5.68. The summed E-state index contributed by atoms with van der Waals surface area (Å²) in [4.78, 5) is 3.99. The summed E-state index contributed by atoms with van der Waals surface area (Å²) < 4.78 is 58.0. The number of rotatable bonds is 2. The second-order valence-corrected chi connectivity index (χ2v) is 5.14. The lowest BCUT2D eigenvalue weighted by Crippen LogP contribution is -2.26. The highest BCUT2D eigenvalue weighted by Gasteiger charge is 2.36. The van der Waals surface area contributed by atoms with Crippen LogP contribution in [0.4, 0.5) is 17.6 Å². The molecule has 0 atom stereocenters. The molecule has 1 aromatic carbocycles. The monoisotopic (exact) mass is 315 g/mol. The highest BCUT2D eigenvalue weighted by atomic mass is 19.4. The largest absolute Gasteiger partial charge is 0.417 e. The first-order valence-corrected chi connectivity index (χ1v) is 6.87. The lowest BCUT2D eigenvalue weighted by atomic mass is 9.98. The molecule has 118 valence electrons. The molecule has 1 saturated heterocycles. The number of halogens is 4. The Labute approximate surface area is 123 Å². The predicted molar refractivity (Wildman–Crippen MR) is 69.5 cm³/mol. The molecule has 1 aromatic heterocycles. The molecule has 1 N–H and O–H groups in total. The minimum absolute atomic E-state index is 0.0105. The predicted octanol–water partition coefficient (Wildman–Crippen LogP) is 3.36. The molecule has 0 aliphatic carbocycles. The van der Waals surface area contributed by atoms with Crippen LogP contribution in [0.1, 0.15) is 30.2 Å². The van der Waals surface area contributed by atoms with Crippen LogP contribution in [0.25, 0.3) is 11.4 Å². The summed E-state index contributed by atoms with van der Waals surface area (Å²) in [6, 6.07) is 2.76. The van der Waals surface area contributed by atoms with Crippen LogP contribution in [0.15, 0.2) is 22.7 Å². The molecule has 2 aromatic rings. The quantitative estimate of drug-likeness (QED) is 0.863. The fourth-order valence-corrected chi connectivity index (χ4v) is 2.56. The fourth-order valence-electron chi connectivity index (χ4n) is 2.56. The summed E-state index contributed by atoms with van der Waals surface area (Å²) in [6.45, 7) is 1.55. The van der Waals surface area contributed by atoms with E-state index in [2.05, 4.69) is 15.5 Å². The van der Waals surface area contributed by atoms with E-state index in [4.69, 9.17) is 4.52 Å². The molecule has 2 heterocycles. The molecule has 0 bridgehead atoms. The number of hydrogen-bond donors (Lipinski definition) is 1. The van der Waals surface area contributed by atoms with E-state index in [1.165, 1.54) is 0 Å². The molecule has 0 amide bonds. The van der Waals surface area contributed by atoms with E-state index in [0.717, 1.165) is 44.1 Å². The zero-order valence-electron chi connectivity index (χ0n) is 11.5. The Hall–Kier alpha value is -1.96. The third kappa shape index (κ3) is 2.83. The van der Waals surface area contributed by atoms with E-state index >= 15 is 0 Å². The first-order valence-electron chi connectivity index (χ1n) is 6.87. The van der Waals surface area contributed by atoms with Crippen molar-refractivity contribution in [3.05, 3.63) is 35.5 Å². The standard InChI is InChI=1S/C14H13F4N3O/c15-10-3-1-2-9(14(16,17)18)11(10)12-20-13(22-21-12)8-4-6-19-7-5-8/h1-3,8,19H,4-7H2. The first kappa shape index (κ1) is 15.0. The molecule has 22 heavy (non-hydrogen) atoms. The number of aromatic nitrogens is 2. The van der Waals surface area contributed by atoms with Gasteiger partial charge in [-0.2, -0.15) is 18.2 Å². The molecular weight excluding hydrogens is 302 g/mol. The lowest BCUT2D eigenvalue weighted by Gasteiger charge is -2.18. The summed E-state index contributed by atoms with van der Waals surface area (Å²) in [5, 5.41) is 6.71. The van der Waals surface area contributed by atoms with Crippen molar-refractivity contribution in [3.63, 3.8) is 0 Å². The van der Waals surface area contributed by atoms with E-state index < -0.39 is 23.1 Å². The van der Waals surface area contributed by atoms with Crippen molar-refractivity contribution in [2.45, 2.75) is 24.9 Å². The van der Waals surface area contributed by atoms with Crippen LogP contribution in [-0.2, 0) is 6.18 Å². The van der Waals surface area contributed by atoms with Gasteiger partial charge in [0.1, 0.15) is 5.82 Å². The van der Waals surface area contributed by atoms with Gasteiger partial charge in [0.25, 0.3) is 0 Å². The molecule has 1 aliphatic heterocycles. The molecule has 0 radical (unpaired) electrons. The summed E-state index contributed by atoms with van der Waals surface area (Å²) in [6.07, 6.45) is -3.18. The Kier molecular flexibility index (Phi) is 3.86. The van der Waals surface area contributed by atoms with Gasteiger partial charge >= 0.3 is 6.18 Å². The van der Waals surface area contributed by atoms with Crippen LogP contribution in [0, 0.1) is 5.82 Å². The lowest BCUT2D eigenvalue weighted by molar-refractivity contribution is -0.137. The normalized spacial score (nSPS) is 16.9. The van der Waals surface area contributed by atoms with Gasteiger partial charge in [-0.15, -0.1) is 0 Å². The van der Waals surface area contributed by atoms with E-state index in [0.29, 0.717) is 0 Å². The summed E-state index contributed by atoms with van der Waals surface area (Å²) in [7, 11) is 0. The molecule has 3 rings (SSSR count). The van der Waals surface area contributed by atoms with Crippen LogP contribution >= 0.6 is 0 Å². The fraction of sp³-hybridized carbons (Fsp3) is 0.429. The number of piperidine rings is 1.